The van der Waals surface area contributed by atoms with Crippen LogP contribution in [-0.2, 0) is 16.1 Å². The van der Waals surface area contributed by atoms with Crippen molar-refractivity contribution in [3.05, 3.63) is 35.4 Å². The average Bonchev–Trinajstić information content (AvgIpc) is 2.96. The summed E-state index contributed by atoms with van der Waals surface area (Å²) in [7, 11) is 0. The number of aliphatic carboxylic acids is 1. The van der Waals surface area contributed by atoms with Gasteiger partial charge < -0.3 is 10.4 Å². The van der Waals surface area contributed by atoms with Gasteiger partial charge in [0.15, 0.2) is 0 Å². The van der Waals surface area contributed by atoms with Crippen LogP contribution in [0.25, 0.3) is 0 Å². The van der Waals surface area contributed by atoms with Crippen LogP contribution in [0.1, 0.15) is 11.1 Å². The molecule has 0 spiro atoms. The van der Waals surface area contributed by atoms with E-state index in [-0.39, 0.29) is 23.7 Å². The van der Waals surface area contributed by atoms with Gasteiger partial charge in [0.25, 0.3) is 0 Å². The molecular formula is C16H20N2O3. The van der Waals surface area contributed by atoms with Crippen LogP contribution < -0.4 is 5.32 Å². The molecule has 5 nitrogen and oxygen atoms in total. The van der Waals surface area contributed by atoms with Crippen molar-refractivity contribution in [3.63, 3.8) is 0 Å². The number of rotatable bonds is 5. The van der Waals surface area contributed by atoms with Gasteiger partial charge in [0, 0.05) is 19.6 Å². The summed E-state index contributed by atoms with van der Waals surface area (Å²) in [6.45, 7) is 4.41. The Bertz CT molecular complexity index is 560. The van der Waals surface area contributed by atoms with E-state index in [0.29, 0.717) is 13.1 Å². The summed E-state index contributed by atoms with van der Waals surface area (Å²) < 4.78 is 0. The topological polar surface area (TPSA) is 69.6 Å². The molecular weight excluding hydrogens is 268 g/mol. The molecule has 0 bridgehead atoms. The summed E-state index contributed by atoms with van der Waals surface area (Å²) in [6.07, 6.45) is 0. The van der Waals surface area contributed by atoms with Gasteiger partial charge in [-0.2, -0.15) is 0 Å². The molecule has 1 aromatic carbocycles. The standard InChI is InChI=1S/C16H20N2O3/c1-10-4-2-3-5-11(10)6-17-14(19)9-18-7-12-13(8-18)15(12)16(20)21/h2-5,12-13,15H,6-9H2,1H3,(H,17,19)(H,20,21)/t12-,13+,15?. The Labute approximate surface area is 123 Å². The monoisotopic (exact) mass is 288 g/mol. The van der Waals surface area contributed by atoms with Crippen molar-refractivity contribution in [1.29, 1.82) is 0 Å². The lowest BCUT2D eigenvalue weighted by Crippen LogP contribution is -2.37. The van der Waals surface area contributed by atoms with Crippen LogP contribution in [0, 0.1) is 24.7 Å². The zero-order chi connectivity index (χ0) is 15.0. The van der Waals surface area contributed by atoms with E-state index >= 15 is 0 Å². The zero-order valence-electron chi connectivity index (χ0n) is 12.1. The molecule has 1 aromatic rings. The van der Waals surface area contributed by atoms with E-state index in [9.17, 15) is 9.59 Å². The molecule has 1 aliphatic carbocycles. The molecule has 2 N–H and O–H groups in total. The molecule has 1 unspecified atom stereocenters. The van der Waals surface area contributed by atoms with Crippen molar-refractivity contribution in [2.75, 3.05) is 19.6 Å². The lowest BCUT2D eigenvalue weighted by Gasteiger charge is -2.18. The highest BCUT2D eigenvalue weighted by Crippen LogP contribution is 2.51. The van der Waals surface area contributed by atoms with E-state index in [1.807, 2.05) is 31.2 Å². The number of aryl methyl sites for hydroxylation is 1. The number of fused-ring (bicyclic) bond motifs is 1. The first kappa shape index (κ1) is 14.1. The number of carbonyl (C=O) groups excluding carboxylic acids is 1. The third-order valence-electron chi connectivity index (χ3n) is 4.66. The van der Waals surface area contributed by atoms with Gasteiger partial charge in [-0.1, -0.05) is 24.3 Å². The number of hydrogen-bond acceptors (Lipinski definition) is 3. The lowest BCUT2D eigenvalue weighted by molar-refractivity contribution is -0.139. The number of piperidine rings is 1. The summed E-state index contributed by atoms with van der Waals surface area (Å²) in [6, 6.07) is 7.99. The second-order valence-electron chi connectivity index (χ2n) is 6.09. The molecule has 5 heteroatoms. The Hall–Kier alpha value is -1.88. The summed E-state index contributed by atoms with van der Waals surface area (Å²) in [5.41, 5.74) is 2.30. The summed E-state index contributed by atoms with van der Waals surface area (Å²) in [5, 5.41) is 11.9. The number of nitrogens with one attached hydrogen (secondary N) is 1. The van der Waals surface area contributed by atoms with Crippen LogP contribution in [0.3, 0.4) is 0 Å². The van der Waals surface area contributed by atoms with Gasteiger partial charge in [-0.15, -0.1) is 0 Å². The lowest BCUT2D eigenvalue weighted by atomic mass is 10.1. The highest BCUT2D eigenvalue weighted by molar-refractivity contribution is 5.78. The maximum absolute atomic E-state index is 12.0. The highest BCUT2D eigenvalue weighted by atomic mass is 16.4. The Kier molecular flexibility index (Phi) is 3.68. The van der Waals surface area contributed by atoms with E-state index in [4.69, 9.17) is 5.11 Å². The zero-order valence-corrected chi connectivity index (χ0v) is 12.1. The van der Waals surface area contributed by atoms with Crippen LogP contribution in [0.5, 0.6) is 0 Å². The van der Waals surface area contributed by atoms with Crippen molar-refractivity contribution in [3.8, 4) is 0 Å². The summed E-state index contributed by atoms with van der Waals surface area (Å²) >= 11 is 0. The predicted octanol–water partition coefficient (Wildman–Crippen LogP) is 0.874. The number of amides is 1. The second-order valence-corrected chi connectivity index (χ2v) is 6.09. The first-order valence-electron chi connectivity index (χ1n) is 7.32. The number of nitrogens with zero attached hydrogens (tertiary/aromatic N) is 1. The predicted molar refractivity (Wildman–Crippen MR) is 77.6 cm³/mol. The van der Waals surface area contributed by atoms with Gasteiger partial charge in [-0.3, -0.25) is 14.5 Å². The van der Waals surface area contributed by atoms with Gasteiger partial charge in [0.1, 0.15) is 0 Å². The highest BCUT2D eigenvalue weighted by Gasteiger charge is 2.59. The molecule has 0 radical (unpaired) electrons. The fourth-order valence-corrected chi connectivity index (χ4v) is 3.37. The molecule has 3 rings (SSSR count). The van der Waals surface area contributed by atoms with E-state index in [0.717, 1.165) is 18.7 Å². The quantitative estimate of drug-likeness (QED) is 0.843. The molecule has 1 saturated carbocycles. The maximum Gasteiger partial charge on any atom is 0.307 e. The smallest absolute Gasteiger partial charge is 0.307 e. The van der Waals surface area contributed by atoms with E-state index < -0.39 is 5.97 Å². The Morgan fingerprint density at radius 3 is 2.57 bits per heavy atom. The fraction of sp³-hybridized carbons (Fsp3) is 0.500. The average molecular weight is 288 g/mol. The molecule has 1 heterocycles. The third kappa shape index (κ3) is 2.93. The normalized spacial score (nSPS) is 27.2. The molecule has 1 aliphatic heterocycles. The van der Waals surface area contributed by atoms with Gasteiger partial charge >= 0.3 is 5.97 Å². The molecule has 21 heavy (non-hydrogen) atoms. The number of benzene rings is 1. The van der Waals surface area contributed by atoms with Crippen molar-refractivity contribution in [2.45, 2.75) is 13.5 Å². The molecule has 2 fully saturated rings. The molecule has 3 atom stereocenters. The number of hydrogen-bond donors (Lipinski definition) is 2. The van der Waals surface area contributed by atoms with Crippen molar-refractivity contribution < 1.29 is 14.7 Å². The van der Waals surface area contributed by atoms with Crippen LogP contribution in [-0.4, -0.2) is 41.5 Å². The van der Waals surface area contributed by atoms with Crippen LogP contribution >= 0.6 is 0 Å². The minimum absolute atomic E-state index is 0.00595. The van der Waals surface area contributed by atoms with E-state index in [1.165, 1.54) is 5.56 Å². The van der Waals surface area contributed by atoms with Crippen LogP contribution in [0.15, 0.2) is 24.3 Å². The number of carboxylic acids is 1. The van der Waals surface area contributed by atoms with Gasteiger partial charge in [-0.25, -0.2) is 0 Å². The molecule has 1 amide bonds. The Morgan fingerprint density at radius 1 is 1.29 bits per heavy atom. The van der Waals surface area contributed by atoms with E-state index in [2.05, 4.69) is 10.2 Å². The number of likely N-dealkylation sites (tertiary alicyclic amines) is 1. The molecule has 112 valence electrons. The van der Waals surface area contributed by atoms with Gasteiger partial charge in [0.2, 0.25) is 5.91 Å². The van der Waals surface area contributed by atoms with Crippen molar-refractivity contribution >= 4 is 11.9 Å². The first-order chi connectivity index (χ1) is 10.1. The van der Waals surface area contributed by atoms with Crippen molar-refractivity contribution in [1.82, 2.24) is 10.2 Å². The number of carbonyl (C=O) groups is 2. The molecule has 1 saturated heterocycles. The minimum Gasteiger partial charge on any atom is -0.481 e. The molecule has 2 aliphatic rings. The largest absolute Gasteiger partial charge is 0.481 e. The SMILES string of the molecule is Cc1ccccc1CNC(=O)CN1C[C@@H]2C(C(=O)O)[C@@H]2C1. The second kappa shape index (κ2) is 5.48. The van der Waals surface area contributed by atoms with Crippen LogP contribution in [0.2, 0.25) is 0 Å². The van der Waals surface area contributed by atoms with Crippen LogP contribution in [0.4, 0.5) is 0 Å². The third-order valence-corrected chi connectivity index (χ3v) is 4.66. The Balaban J connectivity index is 1.42. The Morgan fingerprint density at radius 2 is 1.95 bits per heavy atom. The maximum atomic E-state index is 12.0. The first-order valence-corrected chi connectivity index (χ1v) is 7.32. The summed E-state index contributed by atoms with van der Waals surface area (Å²) in [5.74, 6) is -0.338. The summed E-state index contributed by atoms with van der Waals surface area (Å²) in [4.78, 5) is 24.9. The van der Waals surface area contributed by atoms with Gasteiger partial charge in [-0.05, 0) is 29.9 Å². The fourth-order valence-electron chi connectivity index (χ4n) is 3.37. The van der Waals surface area contributed by atoms with Crippen molar-refractivity contribution in [2.24, 2.45) is 17.8 Å². The number of carboxylic acid groups (broad SMARTS) is 1. The minimum atomic E-state index is -0.686. The van der Waals surface area contributed by atoms with Gasteiger partial charge in [0.05, 0.1) is 12.5 Å². The molecule has 0 aromatic heterocycles. The van der Waals surface area contributed by atoms with E-state index in [1.54, 1.807) is 0 Å².